The molecule has 0 radical (unpaired) electrons. The average Bonchev–Trinajstić information content (AvgIpc) is 3.26. The number of hydrogen-bond donors (Lipinski definition) is 1. The van der Waals surface area contributed by atoms with Gasteiger partial charge in [-0.3, -0.25) is 15.0 Å². The lowest BCUT2D eigenvalue weighted by molar-refractivity contribution is -0.137. The van der Waals surface area contributed by atoms with Gasteiger partial charge < -0.3 is 4.90 Å². The van der Waals surface area contributed by atoms with E-state index in [4.69, 9.17) is 0 Å². The molecule has 4 atom stereocenters. The Balaban J connectivity index is 1.43. The Morgan fingerprint density at radius 2 is 1.74 bits per heavy atom. The number of rotatable bonds is 3. The van der Waals surface area contributed by atoms with Gasteiger partial charge in [0.1, 0.15) is 6.04 Å². The summed E-state index contributed by atoms with van der Waals surface area (Å²) in [4.78, 5) is 17.5. The largest absolute Gasteiger partial charge is 0.333 e. The Labute approximate surface area is 115 Å². The van der Waals surface area contributed by atoms with E-state index in [2.05, 4.69) is 29.0 Å². The molecule has 4 heteroatoms. The van der Waals surface area contributed by atoms with Crippen molar-refractivity contribution in [1.82, 2.24) is 15.1 Å². The molecule has 3 unspecified atom stereocenters. The molecule has 1 saturated carbocycles. The first-order chi connectivity index (χ1) is 9.15. The Kier molecular flexibility index (Phi) is 2.68. The van der Waals surface area contributed by atoms with E-state index in [-0.39, 0.29) is 6.04 Å². The van der Waals surface area contributed by atoms with Crippen molar-refractivity contribution in [3.05, 3.63) is 0 Å². The van der Waals surface area contributed by atoms with E-state index < -0.39 is 0 Å². The molecular weight excluding hydrogens is 238 g/mol. The number of piperazine rings is 1. The number of fused-ring (bicyclic) bond motifs is 2. The summed E-state index contributed by atoms with van der Waals surface area (Å²) >= 11 is 0. The Morgan fingerprint density at radius 3 is 2.26 bits per heavy atom. The molecular formula is C15H25N3O. The molecule has 4 rings (SSSR count). The molecule has 19 heavy (non-hydrogen) atoms. The van der Waals surface area contributed by atoms with Gasteiger partial charge in [-0.05, 0) is 45.4 Å². The highest BCUT2D eigenvalue weighted by molar-refractivity contribution is 5.87. The van der Waals surface area contributed by atoms with Crippen LogP contribution in [0.25, 0.3) is 0 Å². The quantitative estimate of drug-likeness (QED) is 0.767. The number of nitrogens with one attached hydrogen (secondary N) is 1. The van der Waals surface area contributed by atoms with Gasteiger partial charge in [0.25, 0.3) is 0 Å². The van der Waals surface area contributed by atoms with Crippen molar-refractivity contribution in [2.75, 3.05) is 13.1 Å². The third-order valence-electron chi connectivity index (χ3n) is 5.51. The van der Waals surface area contributed by atoms with Crippen LogP contribution >= 0.6 is 0 Å². The van der Waals surface area contributed by atoms with Gasteiger partial charge in [-0.25, -0.2) is 0 Å². The van der Waals surface area contributed by atoms with E-state index in [1.807, 2.05) is 0 Å². The van der Waals surface area contributed by atoms with Crippen LogP contribution in [0.4, 0.5) is 0 Å². The van der Waals surface area contributed by atoms with Gasteiger partial charge in [0.15, 0.2) is 0 Å². The van der Waals surface area contributed by atoms with Gasteiger partial charge >= 0.3 is 0 Å². The lowest BCUT2D eigenvalue weighted by atomic mass is 10.1. The zero-order valence-electron chi connectivity index (χ0n) is 12.0. The highest BCUT2D eigenvalue weighted by Gasteiger charge is 2.55. The fourth-order valence-electron chi connectivity index (χ4n) is 4.12. The number of hydrogen-bond acceptors (Lipinski definition) is 3. The minimum Gasteiger partial charge on any atom is -0.333 e. The Morgan fingerprint density at radius 1 is 1.11 bits per heavy atom. The zero-order chi connectivity index (χ0) is 13.1. The average molecular weight is 263 g/mol. The maximum Gasteiger partial charge on any atom is 0.241 e. The summed E-state index contributed by atoms with van der Waals surface area (Å²) in [5, 5.41) is 3.43. The summed E-state index contributed by atoms with van der Waals surface area (Å²) in [5.74, 6) is 1.22. The third kappa shape index (κ3) is 2.00. The maximum atomic E-state index is 12.7. The molecule has 106 valence electrons. The predicted octanol–water partition coefficient (Wildman–Crippen LogP) is 0.820. The van der Waals surface area contributed by atoms with Gasteiger partial charge in [0.2, 0.25) is 5.91 Å². The van der Waals surface area contributed by atoms with E-state index in [9.17, 15) is 4.79 Å². The minimum absolute atomic E-state index is 0.168. The van der Waals surface area contributed by atoms with Gasteiger partial charge in [0, 0.05) is 37.3 Å². The normalized spacial score (nSPS) is 41.9. The van der Waals surface area contributed by atoms with E-state index in [0.717, 1.165) is 19.0 Å². The van der Waals surface area contributed by atoms with Crippen molar-refractivity contribution in [3.8, 4) is 0 Å². The number of carbonyl (C=O) groups excluding carboxylic acids is 1. The van der Waals surface area contributed by atoms with Crippen LogP contribution in [0, 0.1) is 5.92 Å². The van der Waals surface area contributed by atoms with Crippen LogP contribution in [0.15, 0.2) is 0 Å². The van der Waals surface area contributed by atoms with Gasteiger partial charge in [-0.15, -0.1) is 0 Å². The predicted molar refractivity (Wildman–Crippen MR) is 73.8 cm³/mol. The molecule has 4 aliphatic rings. The molecule has 0 aromatic rings. The SMILES string of the molecule is CC(C)N1CC2CCC(C1)N2C(=O)[C@H]1NC1C1CC1. The first kappa shape index (κ1) is 12.2. The van der Waals surface area contributed by atoms with Gasteiger partial charge in [-0.2, -0.15) is 0 Å². The first-order valence-corrected chi connectivity index (χ1v) is 7.97. The van der Waals surface area contributed by atoms with Crippen LogP contribution < -0.4 is 5.32 Å². The summed E-state index contributed by atoms with van der Waals surface area (Å²) in [7, 11) is 0. The third-order valence-corrected chi connectivity index (χ3v) is 5.51. The van der Waals surface area contributed by atoms with Crippen LogP contribution in [0.3, 0.4) is 0 Å². The smallest absolute Gasteiger partial charge is 0.241 e. The standard InChI is InChI=1S/C15H25N3O/c1-9(2)17-7-11-5-6-12(8-17)18(11)15(19)14-13(16-14)10-3-4-10/h9-14,16H,3-8H2,1-2H3/t11?,12?,13?,14-/m0/s1. The van der Waals surface area contributed by atoms with Crippen molar-refractivity contribution in [3.63, 3.8) is 0 Å². The highest BCUT2D eigenvalue weighted by Crippen LogP contribution is 2.41. The fraction of sp³-hybridized carbons (Fsp3) is 0.933. The molecule has 4 nitrogen and oxygen atoms in total. The number of carbonyl (C=O) groups is 1. The number of amides is 1. The summed E-state index contributed by atoms with van der Waals surface area (Å²) < 4.78 is 0. The molecule has 4 fully saturated rings. The second-order valence-corrected chi connectivity index (χ2v) is 7.19. The second-order valence-electron chi connectivity index (χ2n) is 7.19. The Bertz CT molecular complexity index is 379. The Hall–Kier alpha value is -0.610. The molecule has 1 N–H and O–H groups in total. The molecule has 3 aliphatic heterocycles. The van der Waals surface area contributed by atoms with E-state index in [1.165, 1.54) is 25.7 Å². The second kappa shape index (κ2) is 4.19. The monoisotopic (exact) mass is 263 g/mol. The van der Waals surface area contributed by atoms with Crippen molar-refractivity contribution in [1.29, 1.82) is 0 Å². The maximum absolute atomic E-state index is 12.7. The van der Waals surface area contributed by atoms with Crippen molar-refractivity contribution in [2.24, 2.45) is 5.92 Å². The molecule has 0 aromatic heterocycles. The molecule has 3 saturated heterocycles. The van der Waals surface area contributed by atoms with Crippen LogP contribution in [-0.2, 0) is 4.79 Å². The van der Waals surface area contributed by atoms with E-state index in [0.29, 0.717) is 30.1 Å². The molecule has 3 heterocycles. The van der Waals surface area contributed by atoms with Crippen LogP contribution in [0.5, 0.6) is 0 Å². The summed E-state index contributed by atoms with van der Waals surface area (Å²) in [6.45, 7) is 6.70. The lowest BCUT2D eigenvalue weighted by Crippen LogP contribution is -2.58. The van der Waals surface area contributed by atoms with Gasteiger partial charge in [-0.1, -0.05) is 0 Å². The van der Waals surface area contributed by atoms with E-state index >= 15 is 0 Å². The van der Waals surface area contributed by atoms with Crippen LogP contribution in [0.1, 0.15) is 39.5 Å². The molecule has 0 aromatic carbocycles. The summed E-state index contributed by atoms with van der Waals surface area (Å²) in [6.07, 6.45) is 5.08. The van der Waals surface area contributed by atoms with Gasteiger partial charge in [0.05, 0.1) is 0 Å². The molecule has 1 aliphatic carbocycles. The molecule has 2 bridgehead atoms. The van der Waals surface area contributed by atoms with E-state index in [1.54, 1.807) is 0 Å². The molecule has 0 spiro atoms. The number of nitrogens with zero attached hydrogens (tertiary/aromatic N) is 2. The fourth-order valence-corrected chi connectivity index (χ4v) is 4.12. The minimum atomic E-state index is 0.168. The van der Waals surface area contributed by atoms with Crippen molar-refractivity contribution >= 4 is 5.91 Å². The lowest BCUT2D eigenvalue weighted by Gasteiger charge is -2.42. The zero-order valence-corrected chi connectivity index (χ0v) is 12.0. The number of likely N-dealkylation sites (tertiary alicyclic amines) is 1. The van der Waals surface area contributed by atoms with Crippen molar-refractivity contribution < 1.29 is 4.79 Å². The first-order valence-electron chi connectivity index (χ1n) is 7.97. The molecule has 1 amide bonds. The van der Waals surface area contributed by atoms with Crippen LogP contribution in [0.2, 0.25) is 0 Å². The van der Waals surface area contributed by atoms with Crippen molar-refractivity contribution in [2.45, 2.75) is 69.7 Å². The summed E-state index contributed by atoms with van der Waals surface area (Å²) in [5.41, 5.74) is 0. The van der Waals surface area contributed by atoms with Crippen LogP contribution in [-0.4, -0.2) is 59.0 Å². The summed E-state index contributed by atoms with van der Waals surface area (Å²) in [6, 6.07) is 2.27. The topological polar surface area (TPSA) is 45.5 Å². The highest BCUT2D eigenvalue weighted by atomic mass is 16.2.